The molecule has 1 aromatic rings. The van der Waals surface area contributed by atoms with Crippen molar-refractivity contribution in [3.05, 3.63) is 33.9 Å². The molecule has 26 heavy (non-hydrogen) atoms. The Morgan fingerprint density at radius 1 is 1.12 bits per heavy atom. The van der Waals surface area contributed by atoms with Crippen LogP contribution in [0.1, 0.15) is 55.3 Å². The summed E-state index contributed by atoms with van der Waals surface area (Å²) in [5, 5.41) is 26.6. The minimum absolute atomic E-state index is 0.139. The Morgan fingerprint density at radius 3 is 2.50 bits per heavy atom. The lowest BCUT2D eigenvalue weighted by molar-refractivity contribution is -0.384. The third-order valence-electron chi connectivity index (χ3n) is 5.04. The van der Waals surface area contributed by atoms with Gasteiger partial charge in [-0.3, -0.25) is 19.7 Å². The number of anilines is 1. The van der Waals surface area contributed by atoms with Crippen molar-refractivity contribution >= 4 is 23.3 Å². The first-order valence-electron chi connectivity index (χ1n) is 9.04. The molecule has 0 unspecified atom stereocenters. The number of nitrogens with one attached hydrogen (secondary N) is 2. The first kappa shape index (κ1) is 18.2. The van der Waals surface area contributed by atoms with Crippen molar-refractivity contribution in [2.75, 3.05) is 5.32 Å². The van der Waals surface area contributed by atoms with E-state index in [9.17, 15) is 24.8 Å². The number of benzene rings is 1. The van der Waals surface area contributed by atoms with Gasteiger partial charge in [0.05, 0.1) is 10.8 Å². The zero-order chi connectivity index (χ0) is 18.7. The molecule has 0 aliphatic heterocycles. The predicted octanol–water partition coefficient (Wildman–Crippen LogP) is 2.93. The minimum Gasteiger partial charge on any atom is -0.481 e. The molecule has 0 heterocycles. The SMILES string of the molecule is O=C(N[C@H]1CCCCC[C@H]1C(=O)O)c1ccc(NC2CC2)c([N+](=O)[O-])c1. The zero-order valence-electron chi connectivity index (χ0n) is 14.4. The Hall–Kier alpha value is -2.64. The lowest BCUT2D eigenvalue weighted by atomic mass is 9.94. The Morgan fingerprint density at radius 2 is 1.85 bits per heavy atom. The summed E-state index contributed by atoms with van der Waals surface area (Å²) in [5.74, 6) is -2.00. The monoisotopic (exact) mass is 361 g/mol. The average molecular weight is 361 g/mol. The van der Waals surface area contributed by atoms with Crippen LogP contribution in [0.25, 0.3) is 0 Å². The average Bonchev–Trinajstić information content (AvgIpc) is 3.42. The fourth-order valence-electron chi connectivity index (χ4n) is 3.42. The van der Waals surface area contributed by atoms with Crippen molar-refractivity contribution in [2.45, 2.75) is 57.0 Å². The summed E-state index contributed by atoms with van der Waals surface area (Å²) in [7, 11) is 0. The summed E-state index contributed by atoms with van der Waals surface area (Å²) in [6.45, 7) is 0. The van der Waals surface area contributed by atoms with Crippen LogP contribution < -0.4 is 10.6 Å². The molecule has 0 aromatic heterocycles. The quantitative estimate of drug-likeness (QED) is 0.407. The number of aliphatic carboxylic acids is 1. The van der Waals surface area contributed by atoms with E-state index in [1.807, 2.05) is 0 Å². The summed E-state index contributed by atoms with van der Waals surface area (Å²) in [6.07, 6.45) is 5.74. The molecule has 2 aliphatic rings. The second-order valence-electron chi connectivity index (χ2n) is 7.07. The van der Waals surface area contributed by atoms with Gasteiger partial charge in [0.15, 0.2) is 0 Å². The van der Waals surface area contributed by atoms with E-state index in [2.05, 4.69) is 10.6 Å². The van der Waals surface area contributed by atoms with Crippen LogP contribution in [0.4, 0.5) is 11.4 Å². The molecule has 0 spiro atoms. The van der Waals surface area contributed by atoms with Gasteiger partial charge >= 0.3 is 5.97 Å². The van der Waals surface area contributed by atoms with Crippen LogP contribution in [0.5, 0.6) is 0 Å². The first-order chi connectivity index (χ1) is 12.5. The van der Waals surface area contributed by atoms with E-state index in [0.717, 1.165) is 32.1 Å². The number of amides is 1. The fraction of sp³-hybridized carbons (Fsp3) is 0.556. The molecule has 3 N–H and O–H groups in total. The third-order valence-corrected chi connectivity index (χ3v) is 5.04. The molecular formula is C18H23N3O5. The van der Waals surface area contributed by atoms with Gasteiger partial charge in [0.2, 0.25) is 0 Å². The topological polar surface area (TPSA) is 122 Å². The Bertz CT molecular complexity index is 717. The summed E-state index contributed by atoms with van der Waals surface area (Å²) in [5.41, 5.74) is 0.443. The second kappa shape index (κ2) is 7.72. The van der Waals surface area contributed by atoms with Crippen LogP contribution in [0.3, 0.4) is 0 Å². The summed E-state index contributed by atoms with van der Waals surface area (Å²) >= 11 is 0. The lowest BCUT2D eigenvalue weighted by Crippen LogP contribution is -2.42. The predicted molar refractivity (Wildman–Crippen MR) is 95.2 cm³/mol. The van der Waals surface area contributed by atoms with Crippen molar-refractivity contribution in [2.24, 2.45) is 5.92 Å². The van der Waals surface area contributed by atoms with Crippen LogP contribution in [0.15, 0.2) is 18.2 Å². The highest BCUT2D eigenvalue weighted by Crippen LogP contribution is 2.32. The molecule has 1 aromatic carbocycles. The van der Waals surface area contributed by atoms with Crippen molar-refractivity contribution in [3.8, 4) is 0 Å². The number of nitro groups is 1. The molecule has 0 saturated heterocycles. The Balaban J connectivity index is 1.76. The highest BCUT2D eigenvalue weighted by atomic mass is 16.6. The van der Waals surface area contributed by atoms with E-state index in [-0.39, 0.29) is 17.3 Å². The number of carbonyl (C=O) groups is 2. The number of carbonyl (C=O) groups excluding carboxylic acids is 1. The molecule has 0 radical (unpaired) electrons. The van der Waals surface area contributed by atoms with E-state index < -0.39 is 28.8 Å². The van der Waals surface area contributed by atoms with Crippen molar-refractivity contribution in [3.63, 3.8) is 0 Å². The Kier molecular flexibility index (Phi) is 5.39. The largest absolute Gasteiger partial charge is 0.481 e. The zero-order valence-corrected chi connectivity index (χ0v) is 14.4. The number of hydrogen-bond acceptors (Lipinski definition) is 5. The minimum atomic E-state index is -0.910. The van der Waals surface area contributed by atoms with Crippen LogP contribution in [-0.4, -0.2) is 34.0 Å². The second-order valence-corrected chi connectivity index (χ2v) is 7.07. The summed E-state index contributed by atoms with van der Waals surface area (Å²) in [6, 6.07) is 4.15. The number of nitro benzene ring substituents is 1. The molecule has 8 nitrogen and oxygen atoms in total. The van der Waals surface area contributed by atoms with Gasteiger partial charge in [-0.15, -0.1) is 0 Å². The van der Waals surface area contributed by atoms with E-state index >= 15 is 0 Å². The number of nitrogens with zero attached hydrogens (tertiary/aromatic N) is 1. The molecule has 8 heteroatoms. The number of hydrogen-bond donors (Lipinski definition) is 3. The third kappa shape index (κ3) is 4.30. The standard InChI is InChI=1S/C18H23N3O5/c22-17(20-14-5-3-1-2-4-13(14)18(23)24)11-6-9-15(19-12-7-8-12)16(10-11)21(25)26/h6,9-10,12-14,19H,1-5,7-8H2,(H,20,22)(H,23,24)/t13-,14+/m1/s1. The molecular weight excluding hydrogens is 338 g/mol. The van der Waals surface area contributed by atoms with Gasteiger partial charge in [-0.05, 0) is 37.8 Å². The number of carboxylic acids is 1. The van der Waals surface area contributed by atoms with Crippen molar-refractivity contribution in [1.82, 2.24) is 5.32 Å². The maximum absolute atomic E-state index is 12.6. The summed E-state index contributed by atoms with van der Waals surface area (Å²) < 4.78 is 0. The fourth-order valence-corrected chi connectivity index (χ4v) is 3.42. The van der Waals surface area contributed by atoms with Gasteiger partial charge in [-0.25, -0.2) is 0 Å². The molecule has 2 saturated carbocycles. The molecule has 2 fully saturated rings. The van der Waals surface area contributed by atoms with E-state index in [1.54, 1.807) is 12.1 Å². The van der Waals surface area contributed by atoms with E-state index in [4.69, 9.17) is 0 Å². The molecule has 2 aliphatic carbocycles. The summed E-state index contributed by atoms with van der Waals surface area (Å²) in [4.78, 5) is 34.9. The van der Waals surface area contributed by atoms with Gasteiger partial charge in [0.1, 0.15) is 5.69 Å². The lowest BCUT2D eigenvalue weighted by Gasteiger charge is -2.23. The normalized spacial score (nSPS) is 22.9. The Labute approximate surface area is 151 Å². The van der Waals surface area contributed by atoms with Crippen LogP contribution in [0.2, 0.25) is 0 Å². The smallest absolute Gasteiger partial charge is 0.308 e. The van der Waals surface area contributed by atoms with Gasteiger partial charge in [-0.1, -0.05) is 19.3 Å². The van der Waals surface area contributed by atoms with Gasteiger partial charge in [0.25, 0.3) is 11.6 Å². The molecule has 140 valence electrons. The van der Waals surface area contributed by atoms with Gasteiger partial charge in [-0.2, -0.15) is 0 Å². The van der Waals surface area contributed by atoms with Crippen LogP contribution in [-0.2, 0) is 4.79 Å². The van der Waals surface area contributed by atoms with Crippen LogP contribution >= 0.6 is 0 Å². The number of carboxylic acid groups (broad SMARTS) is 1. The van der Waals surface area contributed by atoms with Crippen molar-refractivity contribution < 1.29 is 19.6 Å². The van der Waals surface area contributed by atoms with Gasteiger partial charge < -0.3 is 15.7 Å². The maximum atomic E-state index is 12.6. The van der Waals surface area contributed by atoms with Crippen molar-refractivity contribution in [1.29, 1.82) is 0 Å². The maximum Gasteiger partial charge on any atom is 0.308 e. The molecule has 2 atom stereocenters. The molecule has 0 bridgehead atoms. The highest BCUT2D eigenvalue weighted by molar-refractivity contribution is 5.96. The van der Waals surface area contributed by atoms with E-state index in [1.165, 1.54) is 6.07 Å². The van der Waals surface area contributed by atoms with Gasteiger partial charge in [0, 0.05) is 23.7 Å². The molecule has 1 amide bonds. The number of rotatable bonds is 6. The first-order valence-corrected chi connectivity index (χ1v) is 9.04. The highest BCUT2D eigenvalue weighted by Gasteiger charge is 2.31. The van der Waals surface area contributed by atoms with Crippen LogP contribution in [0, 0.1) is 16.0 Å². The van der Waals surface area contributed by atoms with E-state index in [0.29, 0.717) is 18.5 Å². The molecule has 3 rings (SSSR count).